The summed E-state index contributed by atoms with van der Waals surface area (Å²) in [6.45, 7) is 1.26. The third kappa shape index (κ3) is 4.70. The lowest BCUT2D eigenvalue weighted by atomic mass is 9.99. The van der Waals surface area contributed by atoms with E-state index in [1.807, 2.05) is 0 Å². The fourth-order valence-corrected chi connectivity index (χ4v) is 2.48. The van der Waals surface area contributed by atoms with Crippen molar-refractivity contribution in [2.75, 3.05) is 4.61 Å². The number of alkyl halides is 7. The Bertz CT molecular complexity index is 710. The molecule has 0 saturated carbocycles. The molecule has 25 heavy (non-hydrogen) atoms. The van der Waals surface area contributed by atoms with Gasteiger partial charge in [0.1, 0.15) is 16.1 Å². The highest BCUT2D eigenvalue weighted by molar-refractivity contribution is 14.1. The molecule has 138 valence electrons. The molecule has 0 radical (unpaired) electrons. The van der Waals surface area contributed by atoms with E-state index in [0.29, 0.717) is 0 Å². The highest BCUT2D eigenvalue weighted by atomic mass is 127. The van der Waals surface area contributed by atoms with Crippen LogP contribution < -0.4 is 9.47 Å². The number of hydrogen-bond acceptors (Lipinski definition) is 4. The molecule has 0 saturated heterocycles. The van der Waals surface area contributed by atoms with Gasteiger partial charge in [-0.3, -0.25) is 0 Å². The van der Waals surface area contributed by atoms with Crippen molar-refractivity contribution in [3.8, 4) is 11.5 Å². The summed E-state index contributed by atoms with van der Waals surface area (Å²) in [5.74, 6) is -2.21. The van der Waals surface area contributed by atoms with E-state index in [4.69, 9.17) is 4.74 Å². The zero-order valence-corrected chi connectivity index (χ0v) is 14.5. The summed E-state index contributed by atoms with van der Waals surface area (Å²) in [6, 6.07) is 1.72. The summed E-state index contributed by atoms with van der Waals surface area (Å²) < 4.78 is 89.5. The molecule has 11 heteroatoms. The summed E-state index contributed by atoms with van der Waals surface area (Å²) in [6.07, 6.45) is -11.7. The van der Waals surface area contributed by atoms with Gasteiger partial charge in [0, 0.05) is 5.56 Å². The summed E-state index contributed by atoms with van der Waals surface area (Å²) in [5.41, 5.74) is -1.02. The van der Waals surface area contributed by atoms with Crippen LogP contribution in [0.15, 0.2) is 17.7 Å². The molecular formula is C14H9F6IO4. The number of carbonyl (C=O) groups is 1. The first-order valence-corrected chi connectivity index (χ1v) is 8.03. The second-order valence-electron chi connectivity index (χ2n) is 4.89. The van der Waals surface area contributed by atoms with Crippen molar-refractivity contribution >= 4 is 34.6 Å². The Morgan fingerprint density at radius 1 is 1.24 bits per heavy atom. The largest absolute Gasteiger partial charge is 0.573 e. The van der Waals surface area contributed by atoms with E-state index in [0.717, 1.165) is 18.2 Å². The van der Waals surface area contributed by atoms with Gasteiger partial charge >= 0.3 is 18.5 Å². The molecule has 1 aliphatic heterocycles. The zero-order chi connectivity index (χ0) is 19.0. The molecule has 1 aromatic carbocycles. The van der Waals surface area contributed by atoms with Crippen LogP contribution in [0.3, 0.4) is 0 Å². The zero-order valence-electron chi connectivity index (χ0n) is 12.3. The third-order valence-corrected chi connectivity index (χ3v) is 3.37. The number of rotatable bonds is 3. The molecule has 0 amide bonds. The first-order chi connectivity index (χ1) is 11.4. The molecule has 0 aliphatic carbocycles. The van der Waals surface area contributed by atoms with Gasteiger partial charge < -0.3 is 14.2 Å². The van der Waals surface area contributed by atoms with Crippen LogP contribution in [0.25, 0.3) is 6.08 Å². The number of fused-ring (bicyclic) bond motifs is 1. The van der Waals surface area contributed by atoms with Crippen molar-refractivity contribution in [1.29, 1.82) is 0 Å². The Hall–Kier alpha value is -1.66. The first kappa shape index (κ1) is 19.7. The van der Waals surface area contributed by atoms with Gasteiger partial charge in [-0.25, -0.2) is 4.79 Å². The molecule has 1 atom stereocenters. The predicted octanol–water partition coefficient (Wildman–Crippen LogP) is 4.54. The number of esters is 1. The van der Waals surface area contributed by atoms with E-state index < -0.39 is 35.9 Å². The van der Waals surface area contributed by atoms with Crippen LogP contribution in [0.4, 0.5) is 26.3 Å². The minimum atomic E-state index is -4.97. The Morgan fingerprint density at radius 2 is 1.88 bits per heavy atom. The van der Waals surface area contributed by atoms with Crippen LogP contribution in [0.5, 0.6) is 11.5 Å². The third-order valence-electron chi connectivity index (χ3n) is 3.06. The highest BCUT2D eigenvalue weighted by Gasteiger charge is 2.49. The monoisotopic (exact) mass is 482 g/mol. The van der Waals surface area contributed by atoms with E-state index in [-0.39, 0.29) is 21.5 Å². The average molecular weight is 482 g/mol. The quantitative estimate of drug-likeness (QED) is 0.275. The molecule has 0 aromatic heterocycles. The van der Waals surface area contributed by atoms with Crippen molar-refractivity contribution in [2.24, 2.45) is 0 Å². The van der Waals surface area contributed by atoms with Gasteiger partial charge in [-0.15, -0.1) is 13.2 Å². The number of ether oxygens (including phenoxy) is 3. The van der Waals surface area contributed by atoms with Gasteiger partial charge in [-0.05, 0) is 53.3 Å². The van der Waals surface area contributed by atoms with Crippen LogP contribution >= 0.6 is 22.6 Å². The molecule has 0 N–H and O–H groups in total. The van der Waals surface area contributed by atoms with Crippen molar-refractivity contribution in [2.45, 2.75) is 25.6 Å². The van der Waals surface area contributed by atoms with Gasteiger partial charge in [-0.2, -0.15) is 13.2 Å². The lowest BCUT2D eigenvalue weighted by Gasteiger charge is -2.29. The first-order valence-electron chi connectivity index (χ1n) is 6.51. The van der Waals surface area contributed by atoms with Crippen molar-refractivity contribution in [3.63, 3.8) is 0 Å². The molecule has 4 nitrogen and oxygen atoms in total. The van der Waals surface area contributed by atoms with E-state index in [9.17, 15) is 31.1 Å². The minimum absolute atomic E-state index is 0.0106. The van der Waals surface area contributed by atoms with Crippen LogP contribution in [-0.4, -0.2) is 29.2 Å². The lowest BCUT2D eigenvalue weighted by molar-refractivity contribution is -0.274. The predicted molar refractivity (Wildman–Crippen MR) is 81.3 cm³/mol. The molecule has 1 aliphatic rings. The fraction of sp³-hybridized carbons (Fsp3) is 0.357. The van der Waals surface area contributed by atoms with Crippen LogP contribution in [0.2, 0.25) is 0 Å². The summed E-state index contributed by atoms with van der Waals surface area (Å²) >= 11 is 1.61. The molecule has 1 aromatic rings. The summed E-state index contributed by atoms with van der Waals surface area (Å²) in [4.78, 5) is 11.8. The smallest absolute Gasteiger partial charge is 0.475 e. The van der Waals surface area contributed by atoms with Crippen molar-refractivity contribution in [3.05, 3.63) is 28.8 Å². The number of benzene rings is 1. The fourth-order valence-electron chi connectivity index (χ4n) is 2.19. The SMILES string of the molecule is Cc1cc(OC(F)(F)F)cc2c1O[C@H](C(F)(F)F)C(C(=O)OCI)=C2. The van der Waals surface area contributed by atoms with Gasteiger partial charge in [0.15, 0.2) is 0 Å². The molecule has 0 bridgehead atoms. The summed E-state index contributed by atoms with van der Waals surface area (Å²) in [7, 11) is 0. The van der Waals surface area contributed by atoms with E-state index >= 15 is 0 Å². The second kappa shape index (κ2) is 6.92. The number of halogens is 7. The Labute approximate surface area is 150 Å². The Morgan fingerprint density at radius 3 is 2.40 bits per heavy atom. The lowest BCUT2D eigenvalue weighted by Crippen LogP contribution is -2.41. The summed E-state index contributed by atoms with van der Waals surface area (Å²) in [5, 5.41) is 0. The highest BCUT2D eigenvalue weighted by Crippen LogP contribution is 2.41. The van der Waals surface area contributed by atoms with Gasteiger partial charge in [-0.1, -0.05) is 0 Å². The van der Waals surface area contributed by atoms with Crippen LogP contribution in [-0.2, 0) is 9.53 Å². The molecule has 2 rings (SSSR count). The van der Waals surface area contributed by atoms with E-state index in [2.05, 4.69) is 9.47 Å². The average Bonchev–Trinajstić information content (AvgIpc) is 2.43. The molecule has 0 unspecified atom stereocenters. The normalized spacial score (nSPS) is 17.3. The molecule has 0 spiro atoms. The maximum Gasteiger partial charge on any atom is 0.573 e. The van der Waals surface area contributed by atoms with Gasteiger partial charge in [0.05, 0.1) is 5.57 Å². The maximum absolute atomic E-state index is 13.2. The molecule has 1 heterocycles. The van der Waals surface area contributed by atoms with Crippen LogP contribution in [0, 0.1) is 6.92 Å². The van der Waals surface area contributed by atoms with E-state index in [1.165, 1.54) is 6.92 Å². The molecule has 0 fully saturated rings. The van der Waals surface area contributed by atoms with Crippen molar-refractivity contribution < 1.29 is 45.3 Å². The second-order valence-corrected chi connectivity index (χ2v) is 5.51. The number of carbonyl (C=O) groups excluding carboxylic acids is 1. The van der Waals surface area contributed by atoms with Crippen molar-refractivity contribution in [1.82, 2.24) is 0 Å². The van der Waals surface area contributed by atoms with Crippen LogP contribution in [0.1, 0.15) is 11.1 Å². The number of hydrogen-bond donors (Lipinski definition) is 0. The van der Waals surface area contributed by atoms with Gasteiger partial charge in [0.2, 0.25) is 6.10 Å². The Kier molecular flexibility index (Phi) is 5.44. The van der Waals surface area contributed by atoms with Gasteiger partial charge in [0.25, 0.3) is 0 Å². The Balaban J connectivity index is 2.53. The maximum atomic E-state index is 13.2. The number of aryl methyl sites for hydroxylation is 1. The topological polar surface area (TPSA) is 44.8 Å². The standard InChI is InChI=1S/C14H9F6IO4/c1-6-2-8(25-14(18,19)20)3-7-4-9(12(22)23-5-21)11(13(15,16)17)24-10(6)7/h2-4,11H,5H2,1H3/t11-/m0/s1. The van der Waals surface area contributed by atoms with E-state index in [1.54, 1.807) is 22.6 Å². The minimum Gasteiger partial charge on any atom is -0.475 e. The molecular weight excluding hydrogens is 473 g/mol.